The molecule has 0 aliphatic carbocycles. The molecule has 4 aromatic rings. The second-order valence-corrected chi connectivity index (χ2v) is 15.2. The maximum Gasteiger partial charge on any atom is 0.499 e. The van der Waals surface area contributed by atoms with Crippen LogP contribution in [0.4, 0.5) is 9.59 Å². The highest BCUT2D eigenvalue weighted by atomic mass is 79.9. The molecule has 0 unspecified atom stereocenters. The number of amides is 2. The number of halogens is 1. The Morgan fingerprint density at radius 3 is 1.72 bits per heavy atom. The van der Waals surface area contributed by atoms with Crippen LogP contribution in [-0.2, 0) is 22.6 Å². The van der Waals surface area contributed by atoms with E-state index in [0.29, 0.717) is 17.9 Å². The lowest BCUT2D eigenvalue weighted by atomic mass is 9.90. The summed E-state index contributed by atoms with van der Waals surface area (Å²) >= 11 is 6.21. The molecule has 4 aromatic heterocycles. The third-order valence-electron chi connectivity index (χ3n) is 5.49. The van der Waals surface area contributed by atoms with Crippen molar-refractivity contribution in [2.24, 2.45) is 0 Å². The van der Waals surface area contributed by atoms with E-state index in [4.69, 9.17) is 19.5 Å². The van der Waals surface area contributed by atoms with E-state index in [1.165, 1.54) is 22.5 Å². The smallest absolute Gasteiger partial charge is 0.444 e. The third-order valence-corrected chi connectivity index (χ3v) is 8.56. The van der Waals surface area contributed by atoms with Gasteiger partial charge in [0.2, 0.25) is 0 Å². The van der Waals surface area contributed by atoms with Gasteiger partial charge in [0.05, 0.1) is 13.1 Å². The maximum atomic E-state index is 11.6. The third kappa shape index (κ3) is 15.3. The molecule has 0 aliphatic heterocycles. The Hall–Kier alpha value is -3.30. The van der Waals surface area contributed by atoms with Crippen molar-refractivity contribution in [1.82, 2.24) is 20.6 Å². The zero-order valence-electron chi connectivity index (χ0n) is 27.4. The molecule has 0 spiro atoms. The van der Waals surface area contributed by atoms with E-state index >= 15 is 0 Å². The summed E-state index contributed by atoms with van der Waals surface area (Å²) in [6, 6.07) is 11.4. The normalized spacial score (nSPS) is 10.8. The number of hydrogen-bond donors (Lipinski definition) is 4. The number of ether oxygens (including phenoxy) is 2. The fourth-order valence-electron chi connectivity index (χ4n) is 3.36. The molecule has 0 saturated heterocycles. The number of alkyl carbamates (subject to hydrolysis) is 2. The van der Waals surface area contributed by atoms with Gasteiger partial charge in [-0.15, -0.1) is 22.7 Å². The van der Waals surface area contributed by atoms with Crippen molar-refractivity contribution in [3.8, 4) is 10.4 Å². The quantitative estimate of drug-likeness (QED) is 0.160. The number of thiophene rings is 2. The SMILES string of the molecule is CC(C)(C)OC(=O)NCc1ccc(B(O)O)s1.Cc1ccncc1-c1ccc(CNC(=O)OC(C)(C)C)s1.Cc1ccncc1Br. The number of pyridine rings is 2. The van der Waals surface area contributed by atoms with Crippen molar-refractivity contribution in [2.75, 3.05) is 0 Å². The zero-order valence-corrected chi connectivity index (χ0v) is 30.6. The highest BCUT2D eigenvalue weighted by molar-refractivity contribution is 9.10. The molecule has 0 radical (unpaired) electrons. The van der Waals surface area contributed by atoms with Crippen LogP contribution >= 0.6 is 38.6 Å². The molecule has 46 heavy (non-hydrogen) atoms. The molecule has 0 fully saturated rings. The second-order valence-electron chi connectivity index (χ2n) is 12.0. The fourth-order valence-corrected chi connectivity index (χ4v) is 5.46. The Kier molecular flexibility index (Phi) is 15.3. The number of carbonyl (C=O) groups is 2. The molecular formula is C32H42BBrN4O6S2. The summed E-state index contributed by atoms with van der Waals surface area (Å²) in [4.78, 5) is 34.1. The van der Waals surface area contributed by atoms with Gasteiger partial charge in [-0.05, 0) is 113 Å². The van der Waals surface area contributed by atoms with Crippen LogP contribution in [0.15, 0.2) is 65.7 Å². The molecule has 0 aromatic carbocycles. The number of carbonyl (C=O) groups excluding carboxylic acids is 2. The van der Waals surface area contributed by atoms with E-state index in [9.17, 15) is 9.59 Å². The molecule has 2 amide bonds. The van der Waals surface area contributed by atoms with Gasteiger partial charge in [0, 0.05) is 54.2 Å². The molecule has 4 N–H and O–H groups in total. The van der Waals surface area contributed by atoms with Gasteiger partial charge in [0.15, 0.2) is 0 Å². The van der Waals surface area contributed by atoms with Crippen molar-refractivity contribution in [3.05, 3.63) is 86.5 Å². The van der Waals surface area contributed by atoms with Crippen LogP contribution < -0.4 is 15.4 Å². The van der Waals surface area contributed by atoms with E-state index in [2.05, 4.69) is 49.5 Å². The summed E-state index contributed by atoms with van der Waals surface area (Å²) in [6.45, 7) is 15.8. The standard InChI is InChI=1S/C16H20N2O2S.C10H16BNO4S.C6H6BrN/c1-11-7-8-17-10-13(11)14-6-5-12(21-14)9-18-15(19)20-16(2,3)4;1-10(2,3)16-9(13)12-6-7-4-5-8(17-7)11(14)15;1-5-2-3-8-4-6(5)7/h5-8,10H,9H2,1-4H3,(H,18,19);4-5,14-15H,6H2,1-3H3,(H,12,13);2-4H,1H3. The maximum absolute atomic E-state index is 11.6. The number of hydrogen-bond acceptors (Lipinski definition) is 10. The number of nitrogens with zero attached hydrogens (tertiary/aromatic N) is 2. The van der Waals surface area contributed by atoms with Gasteiger partial charge in [-0.2, -0.15) is 0 Å². The number of aromatic nitrogens is 2. The molecule has 0 saturated carbocycles. The first-order chi connectivity index (χ1) is 21.4. The van der Waals surface area contributed by atoms with Gasteiger partial charge in [-0.1, -0.05) is 6.07 Å². The van der Waals surface area contributed by atoms with Crippen molar-refractivity contribution < 1.29 is 29.1 Å². The molecule has 4 rings (SSSR count). The number of aryl methyl sites for hydroxylation is 2. The average molecular weight is 734 g/mol. The van der Waals surface area contributed by atoms with Gasteiger partial charge >= 0.3 is 19.3 Å². The Bertz CT molecular complexity index is 1530. The summed E-state index contributed by atoms with van der Waals surface area (Å²) in [5, 5.41) is 23.2. The predicted molar refractivity (Wildman–Crippen MR) is 189 cm³/mol. The van der Waals surface area contributed by atoms with Gasteiger partial charge < -0.3 is 30.2 Å². The lowest BCUT2D eigenvalue weighted by Gasteiger charge is -2.19. The van der Waals surface area contributed by atoms with Crippen molar-refractivity contribution in [3.63, 3.8) is 0 Å². The second kappa shape index (κ2) is 18.1. The fraction of sp³-hybridized carbons (Fsp3) is 0.375. The largest absolute Gasteiger partial charge is 0.499 e. The number of rotatable bonds is 6. The molecular weight excluding hydrogens is 691 g/mol. The van der Waals surface area contributed by atoms with E-state index in [1.807, 2.05) is 52.1 Å². The van der Waals surface area contributed by atoms with Gasteiger partial charge in [0.1, 0.15) is 11.2 Å². The minimum Gasteiger partial charge on any atom is -0.444 e. The summed E-state index contributed by atoms with van der Waals surface area (Å²) in [6.07, 6.45) is 6.34. The lowest BCUT2D eigenvalue weighted by Crippen LogP contribution is -2.32. The summed E-state index contributed by atoms with van der Waals surface area (Å²) in [5.41, 5.74) is 2.55. The topological polar surface area (TPSA) is 143 Å². The first-order valence-electron chi connectivity index (χ1n) is 14.4. The van der Waals surface area contributed by atoms with Crippen molar-refractivity contribution in [2.45, 2.75) is 79.7 Å². The lowest BCUT2D eigenvalue weighted by molar-refractivity contribution is 0.0512. The van der Waals surface area contributed by atoms with Crippen LogP contribution in [0.25, 0.3) is 10.4 Å². The van der Waals surface area contributed by atoms with Crippen molar-refractivity contribution >= 4 is 62.7 Å². The minimum atomic E-state index is -1.46. The average Bonchev–Trinajstić information content (AvgIpc) is 3.62. The Balaban J connectivity index is 0.000000263. The van der Waals surface area contributed by atoms with E-state index in [0.717, 1.165) is 24.7 Å². The van der Waals surface area contributed by atoms with Crippen molar-refractivity contribution in [1.29, 1.82) is 0 Å². The van der Waals surface area contributed by atoms with E-state index < -0.39 is 30.5 Å². The van der Waals surface area contributed by atoms with Crippen LogP contribution in [0.1, 0.15) is 62.4 Å². The molecule has 248 valence electrons. The summed E-state index contributed by atoms with van der Waals surface area (Å²) < 4.78 is 11.8. The number of nitrogens with one attached hydrogen (secondary N) is 2. The van der Waals surface area contributed by atoms with Crippen LogP contribution in [0.5, 0.6) is 0 Å². The first kappa shape index (κ1) is 38.9. The molecule has 4 heterocycles. The minimum absolute atomic E-state index is 0.312. The monoisotopic (exact) mass is 732 g/mol. The summed E-state index contributed by atoms with van der Waals surface area (Å²) in [5.74, 6) is 0. The zero-order chi connectivity index (χ0) is 34.5. The molecule has 0 aliphatic rings. The van der Waals surface area contributed by atoms with Gasteiger partial charge in [0.25, 0.3) is 0 Å². The van der Waals surface area contributed by atoms with E-state index in [-0.39, 0.29) is 0 Å². The predicted octanol–water partition coefficient (Wildman–Crippen LogP) is 6.75. The molecule has 0 bridgehead atoms. The Labute approximate surface area is 287 Å². The van der Waals surface area contributed by atoms with E-state index in [1.54, 1.807) is 62.8 Å². The first-order valence-corrected chi connectivity index (χ1v) is 16.8. The van der Waals surface area contributed by atoms with Crippen LogP contribution in [0.3, 0.4) is 0 Å². The van der Waals surface area contributed by atoms with Crippen LogP contribution in [-0.4, -0.2) is 50.5 Å². The Morgan fingerprint density at radius 1 is 0.783 bits per heavy atom. The Morgan fingerprint density at radius 2 is 1.28 bits per heavy atom. The van der Waals surface area contributed by atoms with Crippen LogP contribution in [0, 0.1) is 13.8 Å². The van der Waals surface area contributed by atoms with Gasteiger partial charge in [-0.25, -0.2) is 9.59 Å². The molecule has 14 heteroatoms. The van der Waals surface area contributed by atoms with Crippen LogP contribution in [0.2, 0.25) is 0 Å². The highest BCUT2D eigenvalue weighted by Gasteiger charge is 2.18. The highest BCUT2D eigenvalue weighted by Crippen LogP contribution is 2.29. The molecule has 10 nitrogen and oxygen atoms in total. The van der Waals surface area contributed by atoms with Gasteiger partial charge in [-0.3, -0.25) is 9.97 Å². The molecule has 0 atom stereocenters. The summed E-state index contributed by atoms with van der Waals surface area (Å²) in [7, 11) is -1.46.